The molecule has 0 spiro atoms. The maximum atomic E-state index is 11.2. The van der Waals surface area contributed by atoms with Crippen molar-refractivity contribution in [3.63, 3.8) is 0 Å². The van der Waals surface area contributed by atoms with Crippen molar-refractivity contribution in [3.05, 3.63) is 90.0 Å². The van der Waals surface area contributed by atoms with E-state index >= 15 is 0 Å². The van der Waals surface area contributed by atoms with Crippen LogP contribution >= 0.6 is 0 Å². The number of hydrazone groups is 1. The normalized spacial score (nSPS) is 18.7. The zero-order valence-corrected chi connectivity index (χ0v) is 15.8. The summed E-state index contributed by atoms with van der Waals surface area (Å²) in [5, 5.41) is 17.9. The van der Waals surface area contributed by atoms with Gasteiger partial charge in [-0.05, 0) is 54.1 Å². The van der Waals surface area contributed by atoms with Crippen molar-refractivity contribution < 1.29 is 14.6 Å². The summed E-state index contributed by atoms with van der Waals surface area (Å²) in [6.07, 6.45) is -0.776. The maximum Gasteiger partial charge on any atom is 0.125 e. The van der Waals surface area contributed by atoms with Crippen LogP contribution in [0.4, 0.5) is 5.69 Å². The van der Waals surface area contributed by atoms with Crippen LogP contribution in [0.1, 0.15) is 17.2 Å². The van der Waals surface area contributed by atoms with Crippen LogP contribution in [0.15, 0.2) is 84.0 Å². The molecule has 4 rings (SSSR count). The van der Waals surface area contributed by atoms with Crippen LogP contribution in [0.3, 0.4) is 0 Å². The summed E-state index contributed by atoms with van der Waals surface area (Å²) in [6, 6.07) is 24.9. The number of nitrogens with zero attached hydrogens (tertiary/aromatic N) is 2. The first-order chi connectivity index (χ1) is 13.7. The van der Waals surface area contributed by atoms with Crippen LogP contribution in [-0.4, -0.2) is 31.1 Å². The number of rotatable bonds is 5. The average Bonchev–Trinajstić information content (AvgIpc) is 3.11. The minimum Gasteiger partial charge on any atom is -0.497 e. The number of aliphatic hydroxyl groups excluding tert-OH is 1. The fraction of sp³-hybridized carbons (Fsp3) is 0.174. The predicted octanol–water partition coefficient (Wildman–Crippen LogP) is 4.03. The molecule has 1 heterocycles. The van der Waals surface area contributed by atoms with Crippen molar-refractivity contribution in [2.24, 2.45) is 5.10 Å². The predicted molar refractivity (Wildman–Crippen MR) is 110 cm³/mol. The van der Waals surface area contributed by atoms with E-state index in [4.69, 9.17) is 14.6 Å². The third kappa shape index (κ3) is 3.32. The molecule has 28 heavy (non-hydrogen) atoms. The quantitative estimate of drug-likeness (QED) is 0.733. The summed E-state index contributed by atoms with van der Waals surface area (Å²) in [5.41, 5.74) is 3.38. The Morgan fingerprint density at radius 1 is 0.786 bits per heavy atom. The summed E-state index contributed by atoms with van der Waals surface area (Å²) >= 11 is 0. The number of aliphatic hydroxyl groups is 1. The van der Waals surface area contributed by atoms with Crippen molar-refractivity contribution in [3.8, 4) is 11.5 Å². The van der Waals surface area contributed by atoms with Gasteiger partial charge >= 0.3 is 0 Å². The topological polar surface area (TPSA) is 54.3 Å². The second-order valence-corrected chi connectivity index (χ2v) is 6.56. The van der Waals surface area contributed by atoms with Gasteiger partial charge in [-0.1, -0.05) is 30.3 Å². The van der Waals surface area contributed by atoms with E-state index in [2.05, 4.69) is 0 Å². The first-order valence-corrected chi connectivity index (χ1v) is 9.10. The van der Waals surface area contributed by atoms with Gasteiger partial charge in [-0.15, -0.1) is 0 Å². The van der Waals surface area contributed by atoms with E-state index in [-0.39, 0.29) is 6.04 Å². The highest BCUT2D eigenvalue weighted by Crippen LogP contribution is 2.37. The largest absolute Gasteiger partial charge is 0.497 e. The molecule has 3 aromatic rings. The summed E-state index contributed by atoms with van der Waals surface area (Å²) < 4.78 is 10.5. The number of hydrogen-bond donors (Lipinski definition) is 1. The van der Waals surface area contributed by atoms with E-state index in [0.29, 0.717) is 5.71 Å². The molecule has 142 valence electrons. The molecule has 0 radical (unpaired) electrons. The van der Waals surface area contributed by atoms with Crippen LogP contribution in [0, 0.1) is 0 Å². The second-order valence-electron chi connectivity index (χ2n) is 6.56. The van der Waals surface area contributed by atoms with Gasteiger partial charge in [-0.3, -0.25) is 5.01 Å². The van der Waals surface area contributed by atoms with Crippen molar-refractivity contribution in [1.29, 1.82) is 0 Å². The number of para-hydroxylation sites is 1. The highest BCUT2D eigenvalue weighted by atomic mass is 16.5. The molecule has 5 nitrogen and oxygen atoms in total. The summed E-state index contributed by atoms with van der Waals surface area (Å²) in [7, 11) is 3.27. The molecule has 0 aromatic heterocycles. The van der Waals surface area contributed by atoms with Crippen LogP contribution in [-0.2, 0) is 0 Å². The molecule has 0 amide bonds. The lowest BCUT2D eigenvalue weighted by Crippen LogP contribution is -2.29. The standard InChI is InChI=1S/C23H22N2O3/c1-27-19-12-8-16(9-13-19)21-23(26)22(17-10-14-20(28-2)15-11-17)25(24-21)18-6-4-3-5-7-18/h3-15,22-23,26H,1-2H3. The summed E-state index contributed by atoms with van der Waals surface area (Å²) in [5.74, 6) is 1.54. The Balaban J connectivity index is 1.75. The molecule has 2 unspecified atom stereocenters. The Hall–Kier alpha value is -3.31. The molecule has 1 aliphatic rings. The highest BCUT2D eigenvalue weighted by Gasteiger charge is 2.38. The molecule has 1 aliphatic heterocycles. The second kappa shape index (κ2) is 7.74. The fourth-order valence-electron chi connectivity index (χ4n) is 3.43. The van der Waals surface area contributed by atoms with Gasteiger partial charge in [0.2, 0.25) is 0 Å². The van der Waals surface area contributed by atoms with Crippen LogP contribution in [0.5, 0.6) is 11.5 Å². The Kier molecular flexibility index (Phi) is 5.00. The molecule has 0 fully saturated rings. The molecule has 1 N–H and O–H groups in total. The minimum atomic E-state index is -0.776. The van der Waals surface area contributed by atoms with E-state index in [1.807, 2.05) is 83.9 Å². The summed E-state index contributed by atoms with van der Waals surface area (Å²) in [6.45, 7) is 0. The van der Waals surface area contributed by atoms with E-state index < -0.39 is 6.10 Å². The molecule has 3 aromatic carbocycles. The fourth-order valence-corrected chi connectivity index (χ4v) is 3.43. The molecule has 2 atom stereocenters. The van der Waals surface area contributed by atoms with Crippen LogP contribution in [0.25, 0.3) is 0 Å². The molecule has 0 saturated carbocycles. The Morgan fingerprint density at radius 2 is 1.36 bits per heavy atom. The molecule has 5 heteroatoms. The van der Waals surface area contributed by atoms with Gasteiger partial charge in [0.05, 0.1) is 25.6 Å². The van der Waals surface area contributed by atoms with Crippen molar-refractivity contribution in [2.75, 3.05) is 19.2 Å². The Labute approximate surface area is 164 Å². The van der Waals surface area contributed by atoms with Crippen molar-refractivity contribution in [1.82, 2.24) is 0 Å². The maximum absolute atomic E-state index is 11.2. The molecule has 0 bridgehead atoms. The lowest BCUT2D eigenvalue weighted by atomic mass is 9.95. The van der Waals surface area contributed by atoms with Gasteiger partial charge in [-0.25, -0.2) is 0 Å². The molecule has 0 saturated heterocycles. The molecule has 0 aliphatic carbocycles. The van der Waals surface area contributed by atoms with E-state index in [1.165, 1.54) is 0 Å². The van der Waals surface area contributed by atoms with E-state index in [9.17, 15) is 5.11 Å². The van der Waals surface area contributed by atoms with Gasteiger partial charge in [0, 0.05) is 5.56 Å². The number of benzene rings is 3. The van der Waals surface area contributed by atoms with Gasteiger partial charge in [0.1, 0.15) is 23.6 Å². The SMILES string of the molecule is COc1ccc(C2=NN(c3ccccc3)C(c3ccc(OC)cc3)C2O)cc1. The third-order valence-electron chi connectivity index (χ3n) is 4.92. The van der Waals surface area contributed by atoms with Gasteiger partial charge in [0.25, 0.3) is 0 Å². The third-order valence-corrected chi connectivity index (χ3v) is 4.92. The molecular formula is C23H22N2O3. The highest BCUT2D eigenvalue weighted by molar-refractivity contribution is 6.06. The van der Waals surface area contributed by atoms with Gasteiger partial charge in [0.15, 0.2) is 0 Å². The first kappa shape index (κ1) is 18.1. The van der Waals surface area contributed by atoms with E-state index in [0.717, 1.165) is 28.3 Å². The number of hydrogen-bond acceptors (Lipinski definition) is 5. The smallest absolute Gasteiger partial charge is 0.125 e. The van der Waals surface area contributed by atoms with Crippen molar-refractivity contribution in [2.45, 2.75) is 12.1 Å². The van der Waals surface area contributed by atoms with Crippen molar-refractivity contribution >= 4 is 11.4 Å². The van der Waals surface area contributed by atoms with Crippen LogP contribution < -0.4 is 14.5 Å². The first-order valence-electron chi connectivity index (χ1n) is 9.10. The zero-order valence-electron chi connectivity index (χ0n) is 15.8. The van der Waals surface area contributed by atoms with Gasteiger partial charge in [-0.2, -0.15) is 5.10 Å². The lowest BCUT2D eigenvalue weighted by molar-refractivity contribution is 0.217. The Morgan fingerprint density at radius 3 is 1.93 bits per heavy atom. The Bertz CT molecular complexity index is 953. The number of methoxy groups -OCH3 is 2. The van der Waals surface area contributed by atoms with Crippen LogP contribution in [0.2, 0.25) is 0 Å². The van der Waals surface area contributed by atoms with Gasteiger partial charge < -0.3 is 14.6 Å². The van der Waals surface area contributed by atoms with E-state index in [1.54, 1.807) is 14.2 Å². The average molecular weight is 374 g/mol. The monoisotopic (exact) mass is 374 g/mol. The summed E-state index contributed by atoms with van der Waals surface area (Å²) in [4.78, 5) is 0. The minimum absolute atomic E-state index is 0.328. The zero-order chi connectivity index (χ0) is 19.5. The molecular weight excluding hydrogens is 352 g/mol. The number of anilines is 1. The lowest BCUT2D eigenvalue weighted by Gasteiger charge is -2.26. The number of ether oxygens (including phenoxy) is 2.